The minimum Gasteiger partial charge on any atom is -0.497 e. The van der Waals surface area contributed by atoms with E-state index in [4.69, 9.17) is 9.47 Å². The van der Waals surface area contributed by atoms with Crippen LogP contribution in [0.4, 0.5) is 0 Å². The Bertz CT molecular complexity index is 1110. The second-order valence-electron chi connectivity index (χ2n) is 6.23. The summed E-state index contributed by atoms with van der Waals surface area (Å²) >= 11 is 1.20. The van der Waals surface area contributed by atoms with Crippen molar-refractivity contribution in [2.24, 2.45) is 0 Å². The molecule has 0 aliphatic heterocycles. The van der Waals surface area contributed by atoms with Gasteiger partial charge in [0, 0.05) is 23.9 Å². The van der Waals surface area contributed by atoms with Crippen LogP contribution >= 0.6 is 11.8 Å². The summed E-state index contributed by atoms with van der Waals surface area (Å²) in [5.41, 5.74) is 0.0239. The first-order valence-corrected chi connectivity index (χ1v) is 10.0. The van der Waals surface area contributed by atoms with Crippen LogP contribution in [0.25, 0.3) is 5.69 Å². The van der Waals surface area contributed by atoms with Crippen molar-refractivity contribution in [3.63, 3.8) is 0 Å². The number of H-pyrrole nitrogens is 2. The van der Waals surface area contributed by atoms with Gasteiger partial charge in [0.2, 0.25) is 0 Å². The SMILES string of the molecule is CCOC(=O)[C@@H](C)Sc1nnc(Cc2cc(=O)[nH]c(=O)[nH]2)n1-c1ccc(OC)cc1. The Morgan fingerprint density at radius 2 is 1.93 bits per heavy atom. The quantitative estimate of drug-likeness (QED) is 0.403. The van der Waals surface area contributed by atoms with Gasteiger partial charge in [-0.1, -0.05) is 11.8 Å². The molecule has 0 aliphatic carbocycles. The summed E-state index contributed by atoms with van der Waals surface area (Å²) in [6, 6.07) is 8.52. The molecule has 0 saturated heterocycles. The lowest BCUT2D eigenvalue weighted by Crippen LogP contribution is -2.23. The molecule has 0 saturated carbocycles. The van der Waals surface area contributed by atoms with E-state index in [1.165, 1.54) is 17.8 Å². The van der Waals surface area contributed by atoms with E-state index in [0.717, 1.165) is 5.69 Å². The van der Waals surface area contributed by atoms with Crippen molar-refractivity contribution in [2.75, 3.05) is 13.7 Å². The first-order chi connectivity index (χ1) is 14.4. The summed E-state index contributed by atoms with van der Waals surface area (Å²) in [5, 5.41) is 8.41. The molecule has 30 heavy (non-hydrogen) atoms. The summed E-state index contributed by atoms with van der Waals surface area (Å²) in [4.78, 5) is 40.0. The molecule has 0 amide bonds. The third kappa shape index (κ3) is 4.98. The van der Waals surface area contributed by atoms with E-state index in [1.54, 1.807) is 37.7 Å². The highest BCUT2D eigenvalue weighted by molar-refractivity contribution is 8.00. The van der Waals surface area contributed by atoms with Crippen molar-refractivity contribution in [2.45, 2.75) is 30.7 Å². The number of hydrogen-bond acceptors (Lipinski definition) is 8. The van der Waals surface area contributed by atoms with Crippen LogP contribution < -0.4 is 16.0 Å². The topological polar surface area (TPSA) is 132 Å². The maximum Gasteiger partial charge on any atom is 0.325 e. The molecule has 3 aromatic rings. The monoisotopic (exact) mass is 431 g/mol. The molecule has 2 aromatic heterocycles. The molecule has 2 N–H and O–H groups in total. The first kappa shape index (κ1) is 21.4. The molecule has 158 valence electrons. The van der Waals surface area contributed by atoms with Crippen LogP contribution in [0.1, 0.15) is 25.4 Å². The lowest BCUT2D eigenvalue weighted by Gasteiger charge is -2.13. The van der Waals surface area contributed by atoms with E-state index < -0.39 is 16.5 Å². The molecule has 3 rings (SSSR count). The smallest absolute Gasteiger partial charge is 0.325 e. The number of rotatable bonds is 8. The van der Waals surface area contributed by atoms with Crippen molar-refractivity contribution in [1.82, 2.24) is 24.7 Å². The molecule has 0 radical (unpaired) electrons. The number of methoxy groups -OCH3 is 1. The Balaban J connectivity index is 2.01. The number of hydrogen-bond donors (Lipinski definition) is 2. The van der Waals surface area contributed by atoms with Crippen LogP contribution in [0.2, 0.25) is 0 Å². The van der Waals surface area contributed by atoms with Crippen LogP contribution in [0.5, 0.6) is 5.75 Å². The van der Waals surface area contributed by atoms with E-state index in [0.29, 0.717) is 22.4 Å². The summed E-state index contributed by atoms with van der Waals surface area (Å²) in [5.74, 6) is 0.814. The number of aromatic amines is 2. The van der Waals surface area contributed by atoms with Crippen LogP contribution in [0.3, 0.4) is 0 Å². The maximum absolute atomic E-state index is 12.1. The normalized spacial score (nSPS) is 11.8. The highest BCUT2D eigenvalue weighted by Gasteiger charge is 2.22. The van der Waals surface area contributed by atoms with E-state index in [1.807, 2.05) is 12.1 Å². The van der Waals surface area contributed by atoms with Crippen LogP contribution in [-0.2, 0) is 16.0 Å². The van der Waals surface area contributed by atoms with Crippen LogP contribution in [0, 0.1) is 0 Å². The molecule has 0 fully saturated rings. The zero-order valence-corrected chi connectivity index (χ0v) is 17.5. The molecule has 0 spiro atoms. The van der Waals surface area contributed by atoms with Gasteiger partial charge < -0.3 is 14.5 Å². The third-order valence-electron chi connectivity index (χ3n) is 4.10. The number of aromatic nitrogens is 5. The Labute approximate surface area is 175 Å². The number of nitrogens with zero attached hydrogens (tertiary/aromatic N) is 3. The highest BCUT2D eigenvalue weighted by atomic mass is 32.2. The zero-order chi connectivity index (χ0) is 21.7. The molecule has 1 atom stereocenters. The predicted molar refractivity (Wildman–Crippen MR) is 110 cm³/mol. The molecule has 0 unspecified atom stereocenters. The first-order valence-electron chi connectivity index (χ1n) is 9.15. The number of carbonyl (C=O) groups excluding carboxylic acids is 1. The van der Waals surface area contributed by atoms with Gasteiger partial charge in [0.15, 0.2) is 5.16 Å². The van der Waals surface area contributed by atoms with Crippen molar-refractivity contribution in [1.29, 1.82) is 0 Å². The summed E-state index contributed by atoms with van der Waals surface area (Å²) in [6.45, 7) is 3.76. The van der Waals surface area contributed by atoms with Gasteiger partial charge in [0.1, 0.15) is 16.8 Å². The Kier molecular flexibility index (Phi) is 6.72. The highest BCUT2D eigenvalue weighted by Crippen LogP contribution is 2.28. The van der Waals surface area contributed by atoms with E-state index in [-0.39, 0.29) is 19.0 Å². The molecule has 11 heteroatoms. The zero-order valence-electron chi connectivity index (χ0n) is 16.7. The fourth-order valence-corrected chi connectivity index (χ4v) is 3.62. The average Bonchev–Trinajstić information content (AvgIpc) is 3.09. The molecule has 10 nitrogen and oxygen atoms in total. The molecule has 0 aliphatic rings. The molecular weight excluding hydrogens is 410 g/mol. The van der Waals surface area contributed by atoms with Crippen molar-refractivity contribution < 1.29 is 14.3 Å². The third-order valence-corrected chi connectivity index (χ3v) is 5.12. The largest absolute Gasteiger partial charge is 0.497 e. The molecular formula is C19H21N5O5S. The molecule has 1 aromatic carbocycles. The summed E-state index contributed by atoms with van der Waals surface area (Å²) in [6.07, 6.45) is 0.159. The van der Waals surface area contributed by atoms with Crippen LogP contribution in [0.15, 0.2) is 45.1 Å². The molecule has 0 bridgehead atoms. The minimum atomic E-state index is -0.599. The number of carbonyl (C=O) groups is 1. The fraction of sp³-hybridized carbons (Fsp3) is 0.316. The second-order valence-corrected chi connectivity index (χ2v) is 7.54. The van der Waals surface area contributed by atoms with Crippen molar-refractivity contribution in [3.8, 4) is 11.4 Å². The van der Waals surface area contributed by atoms with Gasteiger partial charge in [-0.3, -0.25) is 19.1 Å². The van der Waals surface area contributed by atoms with Crippen molar-refractivity contribution >= 4 is 17.7 Å². The van der Waals surface area contributed by atoms with Crippen LogP contribution in [-0.4, -0.2) is 49.7 Å². The Morgan fingerprint density at radius 3 is 2.57 bits per heavy atom. The molecule has 2 heterocycles. The number of benzene rings is 1. The van der Waals surface area contributed by atoms with Gasteiger partial charge >= 0.3 is 11.7 Å². The maximum atomic E-state index is 12.1. The lowest BCUT2D eigenvalue weighted by atomic mass is 10.2. The van der Waals surface area contributed by atoms with Gasteiger partial charge in [0.05, 0.1) is 13.7 Å². The Hall–Kier alpha value is -3.34. The van der Waals surface area contributed by atoms with Gasteiger partial charge in [-0.2, -0.15) is 0 Å². The van der Waals surface area contributed by atoms with Gasteiger partial charge in [-0.25, -0.2) is 4.79 Å². The summed E-state index contributed by atoms with van der Waals surface area (Å²) < 4.78 is 12.0. The summed E-state index contributed by atoms with van der Waals surface area (Å²) in [7, 11) is 1.57. The van der Waals surface area contributed by atoms with Gasteiger partial charge in [0.25, 0.3) is 5.56 Å². The van der Waals surface area contributed by atoms with Gasteiger partial charge in [-0.15, -0.1) is 10.2 Å². The number of ether oxygens (including phenoxy) is 2. The fourth-order valence-electron chi connectivity index (χ4n) is 2.73. The average molecular weight is 431 g/mol. The van der Waals surface area contributed by atoms with E-state index in [9.17, 15) is 14.4 Å². The standard InChI is InChI=1S/C19H21N5O5S/c1-4-29-17(26)11(2)30-19-23-22-15(9-12-10-16(25)21-18(27)20-12)24(19)13-5-7-14(28-3)8-6-13/h5-8,10-11H,4,9H2,1-3H3,(H2,20,21,25,27)/t11-/m1/s1. The van der Waals surface area contributed by atoms with E-state index in [2.05, 4.69) is 20.2 Å². The lowest BCUT2D eigenvalue weighted by molar-refractivity contribution is -0.142. The minimum absolute atomic E-state index is 0.159. The Morgan fingerprint density at radius 1 is 1.20 bits per heavy atom. The number of thioether (sulfide) groups is 1. The number of nitrogens with one attached hydrogen (secondary N) is 2. The van der Waals surface area contributed by atoms with E-state index >= 15 is 0 Å². The number of esters is 1. The van der Waals surface area contributed by atoms with Gasteiger partial charge in [-0.05, 0) is 38.1 Å². The predicted octanol–water partition coefficient (Wildman–Crippen LogP) is 1.29. The van der Waals surface area contributed by atoms with Crippen molar-refractivity contribution in [3.05, 3.63) is 62.7 Å². The second kappa shape index (κ2) is 9.44.